The molecule has 0 spiro atoms. The van der Waals surface area contributed by atoms with E-state index in [1.165, 1.54) is 5.57 Å². The maximum atomic E-state index is 6.05. The summed E-state index contributed by atoms with van der Waals surface area (Å²) >= 11 is 0. The predicted octanol–water partition coefficient (Wildman–Crippen LogP) is 4.36. The first kappa shape index (κ1) is 13.9. The molecule has 0 saturated heterocycles. The lowest BCUT2D eigenvalue weighted by Gasteiger charge is -2.23. The molecule has 92 valence electrons. The number of hydrogen-bond acceptors (Lipinski definition) is 1. The largest absolute Gasteiger partial charge is 0.414 e. The van der Waals surface area contributed by atoms with Crippen LogP contribution in [0.1, 0.15) is 12.8 Å². The summed E-state index contributed by atoms with van der Waals surface area (Å²) in [6.07, 6.45) is 2.23. The first-order valence-electron chi connectivity index (χ1n) is 6.11. The average molecular weight is 255 g/mol. The lowest BCUT2D eigenvalue weighted by molar-refractivity contribution is 0.344. The van der Waals surface area contributed by atoms with E-state index in [0.29, 0.717) is 0 Å². The fraction of sp³-hybridized carbons (Fsp3) is 0.692. The van der Waals surface area contributed by atoms with Crippen LogP contribution in [-0.2, 0) is 4.43 Å². The van der Waals surface area contributed by atoms with Gasteiger partial charge in [0, 0.05) is 0 Å². The molecule has 1 aliphatic carbocycles. The molecule has 0 N–H and O–H groups in total. The molecule has 0 unspecified atom stereocenters. The Morgan fingerprint density at radius 1 is 1.06 bits per heavy atom. The van der Waals surface area contributed by atoms with Gasteiger partial charge in [-0.15, -0.1) is 0 Å². The molecule has 3 heteroatoms. The molecule has 0 saturated carbocycles. The highest BCUT2D eigenvalue weighted by atomic mass is 28.4. The first-order valence-corrected chi connectivity index (χ1v) is 13.0. The minimum absolute atomic E-state index is 0.856. The van der Waals surface area contributed by atoms with Gasteiger partial charge in [0.1, 0.15) is 0 Å². The van der Waals surface area contributed by atoms with Crippen LogP contribution >= 0.6 is 0 Å². The molecular weight excluding hydrogens is 228 g/mol. The molecule has 0 fully saturated rings. The fourth-order valence-corrected chi connectivity index (χ4v) is 4.69. The second kappa shape index (κ2) is 4.63. The van der Waals surface area contributed by atoms with E-state index < -0.39 is 16.4 Å². The maximum absolute atomic E-state index is 6.05. The van der Waals surface area contributed by atoms with Crippen LogP contribution in [0.15, 0.2) is 22.9 Å². The van der Waals surface area contributed by atoms with Crippen LogP contribution < -0.4 is 0 Å². The van der Waals surface area contributed by atoms with Crippen LogP contribution in [0.5, 0.6) is 0 Å². The Hall–Kier alpha value is -0.126. The summed E-state index contributed by atoms with van der Waals surface area (Å²) in [4.78, 5) is 0. The number of rotatable bonds is 4. The third kappa shape index (κ3) is 4.03. The van der Waals surface area contributed by atoms with Crippen LogP contribution in [0.4, 0.5) is 0 Å². The molecule has 0 bridgehead atoms. The van der Waals surface area contributed by atoms with Crippen LogP contribution in [-0.4, -0.2) is 23.0 Å². The fourth-order valence-electron chi connectivity index (χ4n) is 2.08. The van der Waals surface area contributed by atoms with Gasteiger partial charge in [-0.1, -0.05) is 37.0 Å². The van der Waals surface area contributed by atoms with E-state index in [9.17, 15) is 0 Å². The van der Waals surface area contributed by atoms with Crippen LogP contribution in [0.25, 0.3) is 0 Å². The minimum atomic E-state index is -1.38. The Kier molecular flexibility index (Phi) is 4.03. The van der Waals surface area contributed by atoms with E-state index in [4.69, 9.17) is 4.43 Å². The predicted molar refractivity (Wildman–Crippen MR) is 78.0 cm³/mol. The second-order valence-corrected chi connectivity index (χ2v) is 16.5. The Bertz CT molecular complexity index is 316. The third-order valence-electron chi connectivity index (χ3n) is 2.90. The van der Waals surface area contributed by atoms with Crippen molar-refractivity contribution in [2.45, 2.75) is 52.1 Å². The van der Waals surface area contributed by atoms with Crippen molar-refractivity contribution in [1.82, 2.24) is 0 Å². The molecule has 0 amide bonds. The van der Waals surface area contributed by atoms with Gasteiger partial charge in [0.05, 0.1) is 14.7 Å². The maximum Gasteiger partial charge on any atom is 0.184 e. The Morgan fingerprint density at radius 2 is 1.62 bits per heavy atom. The molecule has 1 nitrogen and oxygen atoms in total. The summed E-state index contributed by atoms with van der Waals surface area (Å²) < 4.78 is 6.05. The first-order chi connectivity index (χ1) is 7.09. The summed E-state index contributed by atoms with van der Waals surface area (Å²) in [5.74, 6) is 0. The van der Waals surface area contributed by atoms with Gasteiger partial charge in [-0.25, -0.2) is 0 Å². The van der Waals surface area contributed by atoms with Gasteiger partial charge in [-0.3, -0.25) is 0 Å². The standard InChI is InChI=1S/C13H26OSi2/c1-11-8-12(10-14-16(5,6)7)13(9-11)15(2,3)4/h1,8-10H2,2-7H3. The molecule has 16 heavy (non-hydrogen) atoms. The Morgan fingerprint density at radius 3 is 2.06 bits per heavy atom. The number of allylic oxidation sites excluding steroid dienone is 2. The van der Waals surface area contributed by atoms with E-state index in [1.54, 1.807) is 10.8 Å². The van der Waals surface area contributed by atoms with E-state index in [1.807, 2.05) is 0 Å². The molecule has 0 aliphatic heterocycles. The summed E-state index contributed by atoms with van der Waals surface area (Å²) in [7, 11) is -2.56. The van der Waals surface area contributed by atoms with Gasteiger partial charge in [0.15, 0.2) is 8.32 Å². The topological polar surface area (TPSA) is 9.23 Å². The zero-order valence-corrected chi connectivity index (χ0v) is 13.7. The molecule has 1 aliphatic rings. The Labute approximate surface area is 103 Å². The molecule has 0 radical (unpaired) electrons. The monoisotopic (exact) mass is 254 g/mol. The van der Waals surface area contributed by atoms with Gasteiger partial charge in [-0.2, -0.15) is 0 Å². The van der Waals surface area contributed by atoms with E-state index in [0.717, 1.165) is 19.4 Å². The molecular formula is C13H26OSi2. The summed E-state index contributed by atoms with van der Waals surface area (Å²) in [5.41, 5.74) is 2.93. The van der Waals surface area contributed by atoms with Crippen molar-refractivity contribution in [3.05, 3.63) is 22.9 Å². The van der Waals surface area contributed by atoms with Crippen molar-refractivity contribution >= 4 is 16.4 Å². The molecule has 0 atom stereocenters. The Balaban J connectivity index is 2.78. The van der Waals surface area contributed by atoms with Crippen molar-refractivity contribution in [2.75, 3.05) is 6.61 Å². The smallest absolute Gasteiger partial charge is 0.184 e. The van der Waals surface area contributed by atoms with Gasteiger partial charge in [0.25, 0.3) is 0 Å². The second-order valence-electron chi connectivity index (χ2n) is 6.84. The SMILES string of the molecule is C=C1CC(CO[Si](C)(C)C)=C([Si](C)(C)C)C1. The highest BCUT2D eigenvalue weighted by molar-refractivity contribution is 6.83. The summed E-state index contributed by atoms with van der Waals surface area (Å²) in [5, 5.41) is 1.69. The van der Waals surface area contributed by atoms with E-state index in [2.05, 4.69) is 45.9 Å². The van der Waals surface area contributed by atoms with Gasteiger partial charge >= 0.3 is 0 Å². The van der Waals surface area contributed by atoms with Crippen LogP contribution in [0, 0.1) is 0 Å². The zero-order valence-electron chi connectivity index (χ0n) is 11.7. The molecule has 0 heterocycles. The lowest BCUT2D eigenvalue weighted by atomic mass is 10.2. The van der Waals surface area contributed by atoms with E-state index >= 15 is 0 Å². The van der Waals surface area contributed by atoms with Gasteiger partial charge in [0.2, 0.25) is 0 Å². The van der Waals surface area contributed by atoms with E-state index in [-0.39, 0.29) is 0 Å². The van der Waals surface area contributed by atoms with Crippen molar-refractivity contribution in [3.8, 4) is 0 Å². The van der Waals surface area contributed by atoms with Gasteiger partial charge < -0.3 is 4.43 Å². The minimum Gasteiger partial charge on any atom is -0.414 e. The molecule has 0 aromatic heterocycles. The zero-order chi connectivity index (χ0) is 12.6. The summed E-state index contributed by atoms with van der Waals surface area (Å²) in [6, 6.07) is 0. The third-order valence-corrected chi connectivity index (χ3v) is 6.25. The van der Waals surface area contributed by atoms with Crippen LogP contribution in [0.2, 0.25) is 39.3 Å². The normalized spacial score (nSPS) is 18.5. The van der Waals surface area contributed by atoms with Crippen molar-refractivity contribution in [1.29, 1.82) is 0 Å². The molecule has 0 aromatic carbocycles. The highest BCUT2D eigenvalue weighted by Crippen LogP contribution is 2.36. The highest BCUT2D eigenvalue weighted by Gasteiger charge is 2.29. The van der Waals surface area contributed by atoms with Crippen molar-refractivity contribution < 1.29 is 4.43 Å². The van der Waals surface area contributed by atoms with Crippen molar-refractivity contribution in [3.63, 3.8) is 0 Å². The lowest BCUT2D eigenvalue weighted by Crippen LogP contribution is -2.28. The van der Waals surface area contributed by atoms with Gasteiger partial charge in [-0.05, 0) is 38.1 Å². The molecule has 0 aromatic rings. The summed E-state index contributed by atoms with van der Waals surface area (Å²) in [6.45, 7) is 19.0. The molecule has 1 rings (SSSR count). The quantitative estimate of drug-likeness (QED) is 0.535. The number of hydrogen-bond donors (Lipinski definition) is 0. The average Bonchev–Trinajstić information content (AvgIpc) is 2.41. The van der Waals surface area contributed by atoms with Crippen LogP contribution in [0.3, 0.4) is 0 Å². The van der Waals surface area contributed by atoms with Crippen molar-refractivity contribution in [2.24, 2.45) is 0 Å².